The highest BCUT2D eigenvalue weighted by molar-refractivity contribution is 5.28. The van der Waals surface area contributed by atoms with Gasteiger partial charge in [-0.2, -0.15) is 0 Å². The maximum absolute atomic E-state index is 5.77. The molecule has 3 atom stereocenters. The van der Waals surface area contributed by atoms with E-state index in [1.54, 1.807) is 6.20 Å². The Morgan fingerprint density at radius 3 is 3.07 bits per heavy atom. The summed E-state index contributed by atoms with van der Waals surface area (Å²) in [6.07, 6.45) is 6.13. The molecule has 2 fully saturated rings. The number of nitrogens with one attached hydrogen (secondary N) is 1. The monoisotopic (exact) mass is 205 g/mol. The molecule has 80 valence electrons. The summed E-state index contributed by atoms with van der Waals surface area (Å²) in [5, 5.41) is 3.37. The van der Waals surface area contributed by atoms with Gasteiger partial charge in [-0.25, -0.2) is 9.97 Å². The number of anilines is 1. The van der Waals surface area contributed by atoms with Crippen molar-refractivity contribution in [1.82, 2.24) is 9.97 Å². The lowest BCUT2D eigenvalue weighted by atomic mass is 9.96. The van der Waals surface area contributed by atoms with Gasteiger partial charge in [-0.15, -0.1) is 0 Å². The predicted molar refractivity (Wildman–Crippen MR) is 56.7 cm³/mol. The number of nitrogens with zero attached hydrogens (tertiary/aromatic N) is 2. The molecule has 0 radical (unpaired) electrons. The number of fused-ring (bicyclic) bond motifs is 2. The zero-order valence-corrected chi connectivity index (χ0v) is 8.81. The lowest BCUT2D eigenvalue weighted by Gasteiger charge is -2.19. The Bertz CT molecular complexity index is 369. The van der Waals surface area contributed by atoms with Crippen molar-refractivity contribution in [3.05, 3.63) is 18.0 Å². The van der Waals surface area contributed by atoms with Crippen molar-refractivity contribution in [2.45, 2.75) is 44.4 Å². The number of ether oxygens (including phenoxy) is 1. The van der Waals surface area contributed by atoms with Crippen molar-refractivity contribution in [3.63, 3.8) is 0 Å². The van der Waals surface area contributed by atoms with Crippen molar-refractivity contribution >= 4 is 5.95 Å². The molecule has 0 saturated carbocycles. The molecular formula is C11H15N3O. The summed E-state index contributed by atoms with van der Waals surface area (Å²) in [6.45, 7) is 1.98. The van der Waals surface area contributed by atoms with Gasteiger partial charge in [0.05, 0.1) is 18.2 Å². The van der Waals surface area contributed by atoms with Gasteiger partial charge >= 0.3 is 0 Å². The summed E-state index contributed by atoms with van der Waals surface area (Å²) in [5.74, 6) is 0.733. The molecule has 2 aliphatic rings. The largest absolute Gasteiger partial charge is 0.373 e. The maximum Gasteiger partial charge on any atom is 0.223 e. The third-order valence-electron chi connectivity index (χ3n) is 3.22. The molecule has 2 bridgehead atoms. The second-order valence-corrected chi connectivity index (χ2v) is 4.38. The summed E-state index contributed by atoms with van der Waals surface area (Å²) in [7, 11) is 0. The van der Waals surface area contributed by atoms with Crippen LogP contribution in [-0.2, 0) is 4.74 Å². The molecule has 3 heterocycles. The summed E-state index contributed by atoms with van der Waals surface area (Å²) >= 11 is 0. The number of aromatic nitrogens is 2. The van der Waals surface area contributed by atoms with Crippen LogP contribution in [0.5, 0.6) is 0 Å². The highest BCUT2D eigenvalue weighted by atomic mass is 16.5. The van der Waals surface area contributed by atoms with Crippen molar-refractivity contribution in [2.75, 3.05) is 5.32 Å². The van der Waals surface area contributed by atoms with E-state index in [1.807, 2.05) is 13.0 Å². The molecule has 1 N–H and O–H groups in total. The Kier molecular flexibility index (Phi) is 2.09. The first-order chi connectivity index (χ1) is 7.31. The van der Waals surface area contributed by atoms with E-state index < -0.39 is 0 Å². The van der Waals surface area contributed by atoms with Crippen molar-refractivity contribution in [1.29, 1.82) is 0 Å². The molecule has 4 nitrogen and oxygen atoms in total. The zero-order chi connectivity index (χ0) is 10.3. The van der Waals surface area contributed by atoms with Crippen LogP contribution < -0.4 is 5.32 Å². The van der Waals surface area contributed by atoms with Crippen LogP contribution in [-0.4, -0.2) is 28.2 Å². The van der Waals surface area contributed by atoms with E-state index in [4.69, 9.17) is 4.74 Å². The van der Waals surface area contributed by atoms with E-state index in [9.17, 15) is 0 Å². The Balaban J connectivity index is 1.71. The van der Waals surface area contributed by atoms with E-state index in [0.717, 1.165) is 18.1 Å². The van der Waals surface area contributed by atoms with Crippen LogP contribution in [0.4, 0.5) is 5.95 Å². The highest BCUT2D eigenvalue weighted by Crippen LogP contribution is 2.35. The first-order valence-corrected chi connectivity index (χ1v) is 5.53. The minimum Gasteiger partial charge on any atom is -0.373 e. The SMILES string of the molecule is Cc1ccnc(N[C@H]2C[C@H]3CC[C@H]2O3)n1. The fraction of sp³-hybridized carbons (Fsp3) is 0.636. The van der Waals surface area contributed by atoms with Gasteiger partial charge in [-0.3, -0.25) is 0 Å². The summed E-state index contributed by atoms with van der Waals surface area (Å²) < 4.78 is 5.77. The van der Waals surface area contributed by atoms with Crippen LogP contribution in [0.1, 0.15) is 25.0 Å². The van der Waals surface area contributed by atoms with Gasteiger partial charge in [0.1, 0.15) is 0 Å². The molecule has 15 heavy (non-hydrogen) atoms. The van der Waals surface area contributed by atoms with Crippen molar-refractivity contribution in [3.8, 4) is 0 Å². The molecule has 0 aliphatic carbocycles. The van der Waals surface area contributed by atoms with Crippen LogP contribution in [0.2, 0.25) is 0 Å². The van der Waals surface area contributed by atoms with Gasteiger partial charge < -0.3 is 10.1 Å². The van der Waals surface area contributed by atoms with E-state index >= 15 is 0 Å². The molecule has 1 aromatic heterocycles. The lowest BCUT2D eigenvalue weighted by molar-refractivity contribution is 0.102. The molecule has 2 aliphatic heterocycles. The van der Waals surface area contributed by atoms with Crippen molar-refractivity contribution < 1.29 is 4.74 Å². The molecule has 2 saturated heterocycles. The molecule has 1 aromatic rings. The Hall–Kier alpha value is -1.16. The average molecular weight is 205 g/mol. The maximum atomic E-state index is 5.77. The Morgan fingerprint density at radius 1 is 1.47 bits per heavy atom. The van der Waals surface area contributed by atoms with E-state index in [1.165, 1.54) is 12.8 Å². The van der Waals surface area contributed by atoms with Crippen LogP contribution in [0.25, 0.3) is 0 Å². The Morgan fingerprint density at radius 2 is 2.40 bits per heavy atom. The summed E-state index contributed by atoms with van der Waals surface area (Å²) in [6, 6.07) is 2.31. The predicted octanol–water partition coefficient (Wildman–Crippen LogP) is 1.52. The third kappa shape index (κ3) is 1.69. The highest BCUT2D eigenvalue weighted by Gasteiger charge is 2.40. The molecule has 3 rings (SSSR count). The van der Waals surface area contributed by atoms with Gasteiger partial charge in [-0.1, -0.05) is 0 Å². The first kappa shape index (κ1) is 9.09. The topological polar surface area (TPSA) is 47.0 Å². The summed E-state index contributed by atoms with van der Waals surface area (Å²) in [4.78, 5) is 8.55. The number of hydrogen-bond acceptors (Lipinski definition) is 4. The summed E-state index contributed by atoms with van der Waals surface area (Å²) in [5.41, 5.74) is 0.997. The molecule has 4 heteroatoms. The van der Waals surface area contributed by atoms with E-state index in [-0.39, 0.29) is 0 Å². The second-order valence-electron chi connectivity index (χ2n) is 4.38. The van der Waals surface area contributed by atoms with Gasteiger partial charge in [0.15, 0.2) is 0 Å². The quantitative estimate of drug-likeness (QED) is 0.795. The van der Waals surface area contributed by atoms with Crippen LogP contribution in [0.15, 0.2) is 12.3 Å². The number of rotatable bonds is 2. The molecule has 0 amide bonds. The van der Waals surface area contributed by atoms with E-state index in [2.05, 4.69) is 15.3 Å². The normalized spacial score (nSPS) is 33.3. The second kappa shape index (κ2) is 3.45. The molecule has 0 spiro atoms. The van der Waals surface area contributed by atoms with Crippen LogP contribution in [0.3, 0.4) is 0 Å². The standard InChI is InChI=1S/C11H15N3O/c1-7-4-5-12-11(13-7)14-9-6-8-2-3-10(9)15-8/h4-5,8-10H,2-3,6H2,1H3,(H,12,13,14)/t8-,9+,10-/m1/s1. The molecule has 0 aromatic carbocycles. The van der Waals surface area contributed by atoms with Crippen LogP contribution >= 0.6 is 0 Å². The number of aryl methyl sites for hydroxylation is 1. The molecular weight excluding hydrogens is 190 g/mol. The van der Waals surface area contributed by atoms with Crippen LogP contribution in [0, 0.1) is 6.92 Å². The van der Waals surface area contributed by atoms with Gasteiger partial charge in [-0.05, 0) is 32.3 Å². The van der Waals surface area contributed by atoms with E-state index in [0.29, 0.717) is 18.2 Å². The average Bonchev–Trinajstić information content (AvgIpc) is 2.79. The number of hydrogen-bond donors (Lipinski definition) is 1. The van der Waals surface area contributed by atoms with Crippen molar-refractivity contribution in [2.24, 2.45) is 0 Å². The zero-order valence-electron chi connectivity index (χ0n) is 8.81. The fourth-order valence-electron chi connectivity index (χ4n) is 2.47. The van der Waals surface area contributed by atoms with Gasteiger partial charge in [0.2, 0.25) is 5.95 Å². The lowest BCUT2D eigenvalue weighted by Crippen LogP contribution is -2.31. The third-order valence-corrected chi connectivity index (χ3v) is 3.22. The first-order valence-electron chi connectivity index (χ1n) is 5.53. The minimum atomic E-state index is 0.374. The van der Waals surface area contributed by atoms with Gasteiger partial charge in [0, 0.05) is 11.9 Å². The smallest absolute Gasteiger partial charge is 0.223 e. The Labute approximate surface area is 89.1 Å². The molecule has 0 unspecified atom stereocenters. The van der Waals surface area contributed by atoms with Gasteiger partial charge in [0.25, 0.3) is 0 Å². The fourth-order valence-corrected chi connectivity index (χ4v) is 2.47. The minimum absolute atomic E-state index is 0.374.